The lowest BCUT2D eigenvalue weighted by Gasteiger charge is -2.16. The Balaban J connectivity index is 1.79. The molecule has 33 heavy (non-hydrogen) atoms. The van der Waals surface area contributed by atoms with Crippen LogP contribution in [0.4, 0.5) is 27.8 Å². The van der Waals surface area contributed by atoms with Crippen LogP contribution in [0.3, 0.4) is 0 Å². The average Bonchev–Trinajstić information content (AvgIpc) is 3.29. The first kappa shape index (κ1) is 22.4. The highest BCUT2D eigenvalue weighted by molar-refractivity contribution is 5.97. The molecule has 1 fully saturated rings. The molecule has 3 N–H and O–H groups in total. The number of nitrogens with zero attached hydrogens (tertiary/aromatic N) is 4. The summed E-state index contributed by atoms with van der Waals surface area (Å²) in [4.78, 5) is 28.4. The van der Waals surface area contributed by atoms with Crippen molar-refractivity contribution in [2.24, 2.45) is 0 Å². The van der Waals surface area contributed by atoms with Crippen molar-refractivity contribution in [3.8, 4) is 11.3 Å². The summed E-state index contributed by atoms with van der Waals surface area (Å²) in [5.41, 5.74) is 3.37. The van der Waals surface area contributed by atoms with Crippen molar-refractivity contribution in [1.29, 1.82) is 0 Å². The summed E-state index contributed by atoms with van der Waals surface area (Å²) in [6.07, 6.45) is -4.94. The van der Waals surface area contributed by atoms with Gasteiger partial charge in [0.15, 0.2) is 5.82 Å². The Morgan fingerprint density at radius 1 is 1.27 bits per heavy atom. The summed E-state index contributed by atoms with van der Waals surface area (Å²) in [6, 6.07) is 1.75. The van der Waals surface area contributed by atoms with Gasteiger partial charge in [-0.3, -0.25) is 9.59 Å². The van der Waals surface area contributed by atoms with Crippen molar-refractivity contribution in [2.45, 2.75) is 25.3 Å². The minimum Gasteiger partial charge on any atom is -0.382 e. The van der Waals surface area contributed by atoms with Crippen LogP contribution in [0, 0.1) is 12.7 Å². The molecule has 2 aromatic heterocycles. The van der Waals surface area contributed by atoms with E-state index in [2.05, 4.69) is 15.4 Å². The fourth-order valence-corrected chi connectivity index (χ4v) is 3.85. The van der Waals surface area contributed by atoms with Gasteiger partial charge in [-0.25, -0.2) is 18.3 Å². The number of carbonyl (C=O) groups is 2. The number of aromatic nitrogens is 3. The van der Waals surface area contributed by atoms with Gasteiger partial charge in [0.05, 0.1) is 23.8 Å². The molecule has 8 nitrogen and oxygen atoms in total. The van der Waals surface area contributed by atoms with E-state index in [0.29, 0.717) is 12.5 Å². The van der Waals surface area contributed by atoms with E-state index in [1.54, 1.807) is 0 Å². The van der Waals surface area contributed by atoms with Crippen LogP contribution in [0.25, 0.3) is 16.8 Å². The third-order valence-electron chi connectivity index (χ3n) is 5.47. The average molecular weight is 468 g/mol. The first-order valence-corrected chi connectivity index (χ1v) is 9.65. The summed E-state index contributed by atoms with van der Waals surface area (Å²) in [7, 11) is 0. The number of nitrogens with one attached hydrogen (secondary N) is 1. The van der Waals surface area contributed by atoms with Gasteiger partial charge in [0, 0.05) is 17.7 Å². The number of aryl methyl sites for hydroxylation is 1. The first-order chi connectivity index (χ1) is 15.5. The molecule has 3 aromatic rings. The monoisotopic (exact) mass is 468 g/mol. The maximum Gasteiger partial charge on any atom is 0.418 e. The number of hydrogen-bond donors (Lipinski definition) is 2. The Labute approximate surface area is 183 Å². The molecule has 0 spiro atoms. The molecular formula is C20H17F5N6O2. The summed E-state index contributed by atoms with van der Waals surface area (Å²) >= 11 is 0. The highest BCUT2D eigenvalue weighted by Crippen LogP contribution is 2.39. The Kier molecular flexibility index (Phi) is 5.42. The molecular weight excluding hydrogens is 451 g/mol. The van der Waals surface area contributed by atoms with E-state index in [1.165, 1.54) is 6.92 Å². The summed E-state index contributed by atoms with van der Waals surface area (Å²) in [5, 5.41) is 6.23. The summed E-state index contributed by atoms with van der Waals surface area (Å²) in [5.74, 6) is -2.12. The van der Waals surface area contributed by atoms with Crippen LogP contribution in [0.5, 0.6) is 0 Å². The number of carbonyl (C=O) groups excluding carboxylic acids is 2. The fourth-order valence-electron chi connectivity index (χ4n) is 3.85. The number of fused-ring (bicyclic) bond motifs is 1. The topological polar surface area (TPSA) is 106 Å². The third-order valence-corrected chi connectivity index (χ3v) is 5.47. The Morgan fingerprint density at radius 3 is 2.64 bits per heavy atom. The minimum atomic E-state index is -4.83. The van der Waals surface area contributed by atoms with Crippen LogP contribution in [0.15, 0.2) is 24.5 Å². The third kappa shape index (κ3) is 3.94. The number of alkyl halides is 4. The van der Waals surface area contributed by atoms with Gasteiger partial charge >= 0.3 is 6.18 Å². The van der Waals surface area contributed by atoms with E-state index in [-0.39, 0.29) is 35.5 Å². The fraction of sp³-hybridized carbons (Fsp3) is 0.300. The molecule has 4 rings (SSSR count). The predicted octanol–water partition coefficient (Wildman–Crippen LogP) is 2.35. The van der Waals surface area contributed by atoms with E-state index in [9.17, 15) is 31.5 Å². The maximum absolute atomic E-state index is 14.9. The van der Waals surface area contributed by atoms with Crippen LogP contribution in [-0.2, 0) is 11.0 Å². The normalized spacial score (nSPS) is 18.7. The zero-order valence-electron chi connectivity index (χ0n) is 17.0. The number of benzene rings is 1. The number of rotatable bonds is 4. The Morgan fingerprint density at radius 2 is 2.00 bits per heavy atom. The first-order valence-electron chi connectivity index (χ1n) is 9.65. The van der Waals surface area contributed by atoms with E-state index in [4.69, 9.17) is 5.73 Å². The van der Waals surface area contributed by atoms with Gasteiger partial charge in [0.2, 0.25) is 6.41 Å². The lowest BCUT2D eigenvalue weighted by atomic mass is 10.0. The predicted molar refractivity (Wildman–Crippen MR) is 106 cm³/mol. The van der Waals surface area contributed by atoms with Crippen molar-refractivity contribution in [3.63, 3.8) is 0 Å². The Hall–Kier alpha value is -3.77. The van der Waals surface area contributed by atoms with Gasteiger partial charge in [0.1, 0.15) is 23.8 Å². The minimum absolute atomic E-state index is 0.0437. The van der Waals surface area contributed by atoms with Crippen LogP contribution in [0.1, 0.15) is 21.5 Å². The van der Waals surface area contributed by atoms with Crippen LogP contribution >= 0.6 is 0 Å². The lowest BCUT2D eigenvalue weighted by Crippen LogP contribution is -2.41. The van der Waals surface area contributed by atoms with Gasteiger partial charge in [-0.2, -0.15) is 18.3 Å². The van der Waals surface area contributed by atoms with Crippen LogP contribution < -0.4 is 11.1 Å². The number of nitrogens with two attached hydrogens (primary N) is 1. The van der Waals surface area contributed by atoms with Crippen molar-refractivity contribution >= 4 is 23.7 Å². The SMILES string of the molecule is Cc1cc(F)c(-c2cc(C(F)(F)F)c3c(N)ncnn23)cc1C(=O)N[C@@H]1CN(C=O)C[C@@H]1F. The quantitative estimate of drug-likeness (QED) is 0.452. The van der Waals surface area contributed by atoms with E-state index < -0.39 is 47.0 Å². The van der Waals surface area contributed by atoms with Crippen LogP contribution in [0.2, 0.25) is 0 Å². The van der Waals surface area contributed by atoms with Crippen molar-refractivity contribution in [2.75, 3.05) is 18.8 Å². The van der Waals surface area contributed by atoms with Crippen molar-refractivity contribution < 1.29 is 31.5 Å². The molecule has 0 saturated carbocycles. The number of nitrogen functional groups attached to an aromatic ring is 1. The Bertz CT molecular complexity index is 1260. The van der Waals surface area contributed by atoms with E-state index >= 15 is 0 Å². The second-order valence-corrected chi connectivity index (χ2v) is 7.65. The molecule has 0 unspecified atom stereocenters. The summed E-state index contributed by atoms with van der Waals surface area (Å²) < 4.78 is 70.5. The largest absolute Gasteiger partial charge is 0.418 e. The molecule has 0 bridgehead atoms. The molecule has 2 amide bonds. The second kappa shape index (κ2) is 7.98. The zero-order valence-corrected chi connectivity index (χ0v) is 17.0. The molecule has 1 saturated heterocycles. The van der Waals surface area contributed by atoms with Gasteiger partial charge in [0.25, 0.3) is 5.91 Å². The summed E-state index contributed by atoms with van der Waals surface area (Å²) in [6.45, 7) is 1.20. The number of halogens is 5. The zero-order chi connectivity index (χ0) is 24.1. The molecule has 0 aliphatic carbocycles. The van der Waals surface area contributed by atoms with Gasteiger partial charge in [-0.1, -0.05) is 0 Å². The number of likely N-dealkylation sites (tertiary alicyclic amines) is 1. The van der Waals surface area contributed by atoms with Gasteiger partial charge in [-0.15, -0.1) is 0 Å². The molecule has 0 radical (unpaired) electrons. The number of anilines is 1. The van der Waals surface area contributed by atoms with Gasteiger partial charge in [-0.05, 0) is 30.7 Å². The molecule has 174 valence electrons. The number of hydrogen-bond acceptors (Lipinski definition) is 5. The highest BCUT2D eigenvalue weighted by Gasteiger charge is 2.37. The molecule has 1 aromatic carbocycles. The van der Waals surface area contributed by atoms with Crippen molar-refractivity contribution in [1.82, 2.24) is 24.8 Å². The molecule has 1 aliphatic heterocycles. The number of amides is 2. The molecule has 3 heterocycles. The molecule has 13 heteroatoms. The van der Waals surface area contributed by atoms with Gasteiger partial charge < -0.3 is 16.0 Å². The lowest BCUT2D eigenvalue weighted by molar-refractivity contribution is -0.136. The molecule has 2 atom stereocenters. The standard InChI is InChI=1S/C20H17F5N6O2/c1-9-2-13(21)11(3-10(9)19(33)29-15-6-30(8-32)5-14(15)22)16-4-12(20(23,24)25)17-18(26)27-7-28-31(16)17/h2-4,7-8,14-15H,5-6H2,1H3,(H,29,33)(H2,26,27,28)/t14-,15+/m0/s1. The highest BCUT2D eigenvalue weighted by atomic mass is 19.4. The van der Waals surface area contributed by atoms with E-state index in [1.807, 2.05) is 0 Å². The van der Waals surface area contributed by atoms with Crippen LogP contribution in [-0.4, -0.2) is 57.1 Å². The molecule has 1 aliphatic rings. The van der Waals surface area contributed by atoms with E-state index in [0.717, 1.165) is 27.9 Å². The van der Waals surface area contributed by atoms with Crippen molar-refractivity contribution in [3.05, 3.63) is 47.0 Å². The second-order valence-electron chi connectivity index (χ2n) is 7.65. The smallest absolute Gasteiger partial charge is 0.382 e. The maximum atomic E-state index is 14.9.